The molecule has 4 aromatic rings. The molecule has 4 rings (SSSR count). The van der Waals surface area contributed by atoms with Gasteiger partial charge in [-0.2, -0.15) is 0 Å². The van der Waals surface area contributed by atoms with Crippen molar-refractivity contribution in [1.82, 2.24) is 4.37 Å². The highest BCUT2D eigenvalue weighted by molar-refractivity contribution is 7.23. The molecule has 1 aromatic heterocycles. The molecule has 2 atom stereocenters. The predicted octanol–water partition coefficient (Wildman–Crippen LogP) is 5.09. The Hall–Kier alpha value is -3.43. The van der Waals surface area contributed by atoms with E-state index in [1.54, 1.807) is 12.1 Å². The van der Waals surface area contributed by atoms with Gasteiger partial charge in [0, 0.05) is 9.94 Å². The summed E-state index contributed by atoms with van der Waals surface area (Å²) < 4.78 is 27.2. The fourth-order valence-corrected chi connectivity index (χ4v) is 5.04. The van der Waals surface area contributed by atoms with Crippen LogP contribution in [0.5, 0.6) is 17.4 Å². The Morgan fingerprint density at radius 2 is 1.64 bits per heavy atom. The van der Waals surface area contributed by atoms with Gasteiger partial charge < -0.3 is 29.3 Å². The normalized spacial score (nSPS) is 12.4. The lowest BCUT2D eigenvalue weighted by atomic mass is 9.90. The molecule has 36 heavy (non-hydrogen) atoms. The molecule has 1 heterocycles. The first-order chi connectivity index (χ1) is 17.3. The van der Waals surface area contributed by atoms with Crippen molar-refractivity contribution in [2.75, 3.05) is 13.2 Å². The molecule has 3 N–H and O–H groups in total. The van der Waals surface area contributed by atoms with E-state index in [9.17, 15) is 14.8 Å². The Morgan fingerprint density at radius 1 is 0.944 bits per heavy atom. The number of nitrogens with zero attached hydrogens (tertiary/aromatic N) is 1. The third-order valence-electron chi connectivity index (χ3n) is 6.03. The zero-order chi connectivity index (χ0) is 25.8. The highest BCUT2D eigenvalue weighted by atomic mass is 32.2. The van der Waals surface area contributed by atoms with Crippen LogP contribution in [0.4, 0.5) is 0 Å². The maximum atomic E-state index is 11.9. The summed E-state index contributed by atoms with van der Waals surface area (Å²) in [4.78, 5) is 0.467. The van der Waals surface area contributed by atoms with Gasteiger partial charge in [-0.25, -0.2) is 0 Å². The standard InChI is InChI=1S/C28H29NO6S/c1-17-11-24(35-16-22(31)14-30)12-18(2)28(17)25-6-4-5-21(19(25)3)15-34-23-9-7-20(8-10-23)26-13-27(32)29-36(26)33/h4-13,22,30-31H,14-16H2,1-3H3,(H,29,32)/t22-,36?/m1/s1. The number of aromatic hydroxyl groups is 1. The number of hydrogen-bond donors (Lipinski definition) is 3. The number of hydrogen-bond acceptors (Lipinski definition) is 7. The largest absolute Gasteiger partial charge is 0.568 e. The molecule has 0 saturated carbocycles. The number of aliphatic hydroxyl groups is 2. The van der Waals surface area contributed by atoms with Crippen molar-refractivity contribution >= 4 is 10.9 Å². The van der Waals surface area contributed by atoms with Crippen molar-refractivity contribution in [1.29, 1.82) is 0 Å². The summed E-state index contributed by atoms with van der Waals surface area (Å²) in [5.41, 5.74) is 7.22. The van der Waals surface area contributed by atoms with Crippen molar-refractivity contribution in [2.24, 2.45) is 0 Å². The van der Waals surface area contributed by atoms with Crippen LogP contribution in [0.25, 0.3) is 21.6 Å². The summed E-state index contributed by atoms with van der Waals surface area (Å²) in [5.74, 6) is 1.10. The summed E-state index contributed by atoms with van der Waals surface area (Å²) in [6, 6.07) is 18.6. The topological polar surface area (TPSA) is 115 Å². The van der Waals surface area contributed by atoms with Crippen molar-refractivity contribution in [3.05, 3.63) is 82.9 Å². The fraction of sp³-hybridized carbons (Fsp3) is 0.250. The molecule has 8 heteroatoms. The smallest absolute Gasteiger partial charge is 0.270 e. The molecule has 0 bridgehead atoms. The Bertz CT molecular complexity index is 1330. The van der Waals surface area contributed by atoms with E-state index < -0.39 is 17.1 Å². The maximum absolute atomic E-state index is 11.9. The fourth-order valence-electron chi connectivity index (χ4n) is 4.18. The third kappa shape index (κ3) is 5.68. The zero-order valence-electron chi connectivity index (χ0n) is 20.4. The molecular weight excluding hydrogens is 478 g/mol. The summed E-state index contributed by atoms with van der Waals surface area (Å²) in [5, 5.41) is 28.0. The average molecular weight is 508 g/mol. The molecule has 1 unspecified atom stereocenters. The van der Waals surface area contributed by atoms with Gasteiger partial charge in [0.05, 0.1) is 23.6 Å². The van der Waals surface area contributed by atoms with Gasteiger partial charge in [0.1, 0.15) is 30.8 Å². The molecule has 7 nitrogen and oxygen atoms in total. The number of aliphatic hydroxyl groups excluding tert-OH is 2. The van der Waals surface area contributed by atoms with Crippen LogP contribution in [0.1, 0.15) is 22.3 Å². The predicted molar refractivity (Wildman–Crippen MR) is 139 cm³/mol. The molecule has 0 aliphatic rings. The van der Waals surface area contributed by atoms with E-state index in [0.29, 0.717) is 23.0 Å². The van der Waals surface area contributed by atoms with Crippen LogP contribution in [0, 0.1) is 20.8 Å². The van der Waals surface area contributed by atoms with Gasteiger partial charge in [0.25, 0.3) is 5.88 Å². The van der Waals surface area contributed by atoms with E-state index in [-0.39, 0.29) is 19.1 Å². The summed E-state index contributed by atoms with van der Waals surface area (Å²) >= 11 is 0. The minimum Gasteiger partial charge on any atom is -0.568 e. The van der Waals surface area contributed by atoms with Gasteiger partial charge in [-0.3, -0.25) is 0 Å². The second kappa shape index (κ2) is 11.1. The summed E-state index contributed by atoms with van der Waals surface area (Å²) in [6.07, 6.45) is -0.911. The molecule has 0 amide bonds. The SMILES string of the molecule is Cc1cc(OC[C@H](O)CO)cc(C)c1-c1cccc(COc2ccc(-c3cc(O)n[s+]3[O-])cc2)c1C. The van der Waals surface area contributed by atoms with Crippen molar-refractivity contribution in [3.8, 4) is 38.9 Å². The van der Waals surface area contributed by atoms with E-state index in [0.717, 1.165) is 38.9 Å². The molecule has 3 aromatic carbocycles. The maximum Gasteiger partial charge on any atom is 0.270 e. The lowest BCUT2D eigenvalue weighted by molar-refractivity contribution is 0.0536. The second-order valence-corrected chi connectivity index (χ2v) is 9.81. The highest BCUT2D eigenvalue weighted by Gasteiger charge is 2.16. The number of aryl methyl sites for hydroxylation is 2. The van der Waals surface area contributed by atoms with E-state index in [1.807, 2.05) is 50.2 Å². The molecule has 188 valence electrons. The first kappa shape index (κ1) is 25.7. The van der Waals surface area contributed by atoms with Gasteiger partial charge in [-0.05, 0) is 90.6 Å². The molecule has 0 radical (unpaired) electrons. The van der Waals surface area contributed by atoms with Crippen LogP contribution in [0.2, 0.25) is 0 Å². The van der Waals surface area contributed by atoms with Gasteiger partial charge in [-0.15, -0.1) is 0 Å². The minimum atomic E-state index is -1.59. The van der Waals surface area contributed by atoms with Gasteiger partial charge >= 0.3 is 0 Å². The van der Waals surface area contributed by atoms with Crippen molar-refractivity contribution in [2.45, 2.75) is 33.5 Å². The highest BCUT2D eigenvalue weighted by Crippen LogP contribution is 2.36. The number of rotatable bonds is 9. The zero-order valence-corrected chi connectivity index (χ0v) is 21.2. The van der Waals surface area contributed by atoms with E-state index in [1.165, 1.54) is 6.07 Å². The van der Waals surface area contributed by atoms with Gasteiger partial charge in [-0.1, -0.05) is 18.2 Å². The quantitative estimate of drug-likeness (QED) is 0.271. The Labute approximate surface area is 213 Å². The number of ether oxygens (including phenoxy) is 2. The van der Waals surface area contributed by atoms with Crippen molar-refractivity contribution < 1.29 is 29.3 Å². The van der Waals surface area contributed by atoms with Crippen LogP contribution >= 0.6 is 10.9 Å². The summed E-state index contributed by atoms with van der Waals surface area (Å²) in [6.45, 7) is 6.21. The summed E-state index contributed by atoms with van der Waals surface area (Å²) in [7, 11) is -1.59. The first-order valence-corrected chi connectivity index (χ1v) is 12.6. The van der Waals surface area contributed by atoms with E-state index >= 15 is 0 Å². The van der Waals surface area contributed by atoms with Crippen LogP contribution in [0.3, 0.4) is 0 Å². The van der Waals surface area contributed by atoms with Crippen LogP contribution in [-0.4, -0.2) is 43.6 Å². The molecule has 0 aliphatic heterocycles. The van der Waals surface area contributed by atoms with Gasteiger partial charge in [0.15, 0.2) is 0 Å². The number of aromatic nitrogens is 1. The Morgan fingerprint density at radius 3 is 2.25 bits per heavy atom. The van der Waals surface area contributed by atoms with Crippen molar-refractivity contribution in [3.63, 3.8) is 0 Å². The van der Waals surface area contributed by atoms with Gasteiger partial charge in [0.2, 0.25) is 4.88 Å². The lowest BCUT2D eigenvalue weighted by Crippen LogP contribution is -2.21. The Kier molecular flexibility index (Phi) is 7.91. The second-order valence-electron chi connectivity index (χ2n) is 8.69. The van der Waals surface area contributed by atoms with Crippen LogP contribution in [-0.2, 0) is 6.61 Å². The number of benzene rings is 3. The molecule has 0 saturated heterocycles. The van der Waals surface area contributed by atoms with E-state index in [4.69, 9.17) is 14.6 Å². The van der Waals surface area contributed by atoms with Crippen LogP contribution < -0.4 is 9.47 Å². The lowest BCUT2D eigenvalue weighted by Gasteiger charge is -2.18. The minimum absolute atomic E-state index is 0.0350. The monoisotopic (exact) mass is 507 g/mol. The third-order valence-corrected chi connectivity index (χ3v) is 7.12. The molecule has 0 fully saturated rings. The molecular formula is C28H29NO6S. The molecule has 0 spiro atoms. The van der Waals surface area contributed by atoms with E-state index in [2.05, 4.69) is 17.4 Å². The Balaban J connectivity index is 1.50. The average Bonchev–Trinajstić information content (AvgIpc) is 3.20. The van der Waals surface area contributed by atoms with Crippen LogP contribution in [0.15, 0.2) is 60.7 Å². The first-order valence-electron chi connectivity index (χ1n) is 11.5. The molecule has 0 aliphatic carbocycles.